The monoisotopic (exact) mass is 280 g/mol. The number of fused-ring (bicyclic) bond motifs is 1. The highest BCUT2D eigenvalue weighted by molar-refractivity contribution is 5.55. The zero-order chi connectivity index (χ0) is 14.2. The van der Waals surface area contributed by atoms with Crippen molar-refractivity contribution in [2.45, 2.75) is 25.3 Å². The summed E-state index contributed by atoms with van der Waals surface area (Å²) in [5, 5.41) is 3.47. The maximum atomic E-state index is 5.70. The van der Waals surface area contributed by atoms with Crippen molar-refractivity contribution in [3.63, 3.8) is 0 Å². The van der Waals surface area contributed by atoms with Gasteiger partial charge in [-0.15, -0.1) is 0 Å². The standard InChI is InChI=1S/C15H24N2O3/c1-18-11-13(4-2-7-16)17-12-5-6-14-15(10-12)20-9-3-8-19-14/h5-6,10,13,17H,2-4,7-9,11,16H2,1H3. The van der Waals surface area contributed by atoms with Crippen LogP contribution in [0.1, 0.15) is 19.3 Å². The molecule has 0 spiro atoms. The number of rotatable bonds is 7. The van der Waals surface area contributed by atoms with Gasteiger partial charge in [0.1, 0.15) is 0 Å². The van der Waals surface area contributed by atoms with Gasteiger partial charge in [-0.1, -0.05) is 0 Å². The molecule has 1 aliphatic rings. The minimum atomic E-state index is 0.258. The molecule has 5 heteroatoms. The van der Waals surface area contributed by atoms with Crippen LogP contribution in [-0.4, -0.2) is 39.5 Å². The number of hydrogen-bond donors (Lipinski definition) is 2. The molecule has 112 valence electrons. The molecular formula is C15H24N2O3. The van der Waals surface area contributed by atoms with E-state index in [0.29, 0.717) is 26.4 Å². The van der Waals surface area contributed by atoms with E-state index in [1.165, 1.54) is 0 Å². The second-order valence-corrected chi connectivity index (χ2v) is 4.94. The van der Waals surface area contributed by atoms with Gasteiger partial charge in [0, 0.05) is 31.3 Å². The second-order valence-electron chi connectivity index (χ2n) is 4.94. The number of anilines is 1. The van der Waals surface area contributed by atoms with E-state index in [0.717, 1.165) is 36.4 Å². The highest BCUT2D eigenvalue weighted by Crippen LogP contribution is 2.32. The fourth-order valence-electron chi connectivity index (χ4n) is 2.25. The fraction of sp³-hybridized carbons (Fsp3) is 0.600. The van der Waals surface area contributed by atoms with E-state index < -0.39 is 0 Å². The minimum absolute atomic E-state index is 0.258. The van der Waals surface area contributed by atoms with Gasteiger partial charge in [-0.3, -0.25) is 0 Å². The molecule has 0 aliphatic carbocycles. The lowest BCUT2D eigenvalue weighted by Gasteiger charge is -2.19. The third kappa shape index (κ3) is 4.28. The first-order chi connectivity index (χ1) is 9.83. The smallest absolute Gasteiger partial charge is 0.163 e. The summed E-state index contributed by atoms with van der Waals surface area (Å²) in [6, 6.07) is 6.22. The Balaban J connectivity index is 2.02. The molecule has 0 radical (unpaired) electrons. The van der Waals surface area contributed by atoms with Crippen LogP contribution in [-0.2, 0) is 4.74 Å². The number of nitrogens with two attached hydrogens (primary N) is 1. The van der Waals surface area contributed by atoms with Crippen LogP contribution in [0.25, 0.3) is 0 Å². The third-order valence-electron chi connectivity index (χ3n) is 3.24. The molecule has 0 saturated heterocycles. The Morgan fingerprint density at radius 1 is 1.30 bits per heavy atom. The lowest BCUT2D eigenvalue weighted by molar-refractivity contribution is 0.182. The molecule has 3 N–H and O–H groups in total. The number of hydrogen-bond acceptors (Lipinski definition) is 5. The van der Waals surface area contributed by atoms with E-state index >= 15 is 0 Å². The molecule has 0 bridgehead atoms. The van der Waals surface area contributed by atoms with Crippen LogP contribution < -0.4 is 20.5 Å². The molecule has 1 heterocycles. The SMILES string of the molecule is COCC(CCCN)Nc1ccc2c(c1)OCCCO2. The normalized spacial score (nSPS) is 15.5. The van der Waals surface area contributed by atoms with Crippen LogP contribution in [0.2, 0.25) is 0 Å². The summed E-state index contributed by atoms with van der Waals surface area (Å²) < 4.78 is 16.6. The predicted molar refractivity (Wildman–Crippen MR) is 79.6 cm³/mol. The molecule has 0 fully saturated rings. The van der Waals surface area contributed by atoms with E-state index in [4.69, 9.17) is 19.9 Å². The Bertz CT molecular complexity index is 412. The first kappa shape index (κ1) is 14.9. The summed E-state index contributed by atoms with van der Waals surface area (Å²) in [6.07, 6.45) is 2.88. The summed E-state index contributed by atoms with van der Waals surface area (Å²) in [7, 11) is 1.71. The summed E-state index contributed by atoms with van der Waals surface area (Å²) in [4.78, 5) is 0. The predicted octanol–water partition coefficient (Wildman–Crippen LogP) is 2.01. The number of ether oxygens (including phenoxy) is 3. The Morgan fingerprint density at radius 3 is 2.85 bits per heavy atom. The number of nitrogens with one attached hydrogen (secondary N) is 1. The van der Waals surface area contributed by atoms with Gasteiger partial charge >= 0.3 is 0 Å². The van der Waals surface area contributed by atoms with Gasteiger partial charge in [-0.2, -0.15) is 0 Å². The van der Waals surface area contributed by atoms with Crippen LogP contribution in [0, 0.1) is 0 Å². The molecule has 1 aliphatic heterocycles. The Morgan fingerprint density at radius 2 is 2.10 bits per heavy atom. The van der Waals surface area contributed by atoms with Crippen LogP contribution >= 0.6 is 0 Å². The van der Waals surface area contributed by atoms with Crippen LogP contribution in [0.4, 0.5) is 5.69 Å². The summed E-state index contributed by atoms with van der Waals surface area (Å²) in [6.45, 7) is 2.77. The van der Waals surface area contributed by atoms with Crippen molar-refractivity contribution < 1.29 is 14.2 Å². The second kappa shape index (κ2) is 7.97. The van der Waals surface area contributed by atoms with Crippen molar-refractivity contribution in [2.24, 2.45) is 5.73 Å². The molecule has 2 rings (SSSR count). The van der Waals surface area contributed by atoms with Gasteiger partial charge < -0.3 is 25.3 Å². The number of benzene rings is 1. The van der Waals surface area contributed by atoms with E-state index in [-0.39, 0.29) is 6.04 Å². The fourth-order valence-corrected chi connectivity index (χ4v) is 2.25. The van der Waals surface area contributed by atoms with Crippen molar-refractivity contribution in [2.75, 3.05) is 38.8 Å². The average molecular weight is 280 g/mol. The largest absolute Gasteiger partial charge is 0.490 e. The third-order valence-corrected chi connectivity index (χ3v) is 3.24. The summed E-state index contributed by atoms with van der Waals surface area (Å²) in [5.74, 6) is 1.63. The molecule has 0 saturated carbocycles. The van der Waals surface area contributed by atoms with E-state index in [1.54, 1.807) is 7.11 Å². The van der Waals surface area contributed by atoms with Crippen LogP contribution in [0.5, 0.6) is 11.5 Å². The van der Waals surface area contributed by atoms with E-state index in [2.05, 4.69) is 5.32 Å². The van der Waals surface area contributed by atoms with Gasteiger partial charge in [0.2, 0.25) is 0 Å². The van der Waals surface area contributed by atoms with Crippen molar-refractivity contribution in [3.05, 3.63) is 18.2 Å². The van der Waals surface area contributed by atoms with Crippen molar-refractivity contribution in [3.8, 4) is 11.5 Å². The molecule has 1 atom stereocenters. The molecule has 1 unspecified atom stereocenters. The Labute approximate surface area is 120 Å². The highest BCUT2D eigenvalue weighted by Gasteiger charge is 2.13. The Hall–Kier alpha value is -1.46. The molecular weight excluding hydrogens is 256 g/mol. The van der Waals surface area contributed by atoms with E-state index in [1.807, 2.05) is 18.2 Å². The van der Waals surface area contributed by atoms with Gasteiger partial charge in [0.05, 0.1) is 19.8 Å². The summed E-state index contributed by atoms with van der Waals surface area (Å²) in [5.41, 5.74) is 6.59. The maximum Gasteiger partial charge on any atom is 0.163 e. The van der Waals surface area contributed by atoms with Crippen molar-refractivity contribution in [1.82, 2.24) is 0 Å². The van der Waals surface area contributed by atoms with Crippen LogP contribution in [0.15, 0.2) is 18.2 Å². The lowest BCUT2D eigenvalue weighted by Crippen LogP contribution is -2.25. The molecule has 1 aromatic carbocycles. The minimum Gasteiger partial charge on any atom is -0.490 e. The topological polar surface area (TPSA) is 65.7 Å². The Kier molecular flexibility index (Phi) is 5.95. The molecule has 0 amide bonds. The van der Waals surface area contributed by atoms with Crippen molar-refractivity contribution >= 4 is 5.69 Å². The highest BCUT2D eigenvalue weighted by atomic mass is 16.5. The first-order valence-electron chi connectivity index (χ1n) is 7.18. The van der Waals surface area contributed by atoms with Gasteiger partial charge in [0.15, 0.2) is 11.5 Å². The number of methoxy groups -OCH3 is 1. The molecule has 20 heavy (non-hydrogen) atoms. The van der Waals surface area contributed by atoms with Gasteiger partial charge in [-0.25, -0.2) is 0 Å². The molecule has 5 nitrogen and oxygen atoms in total. The first-order valence-corrected chi connectivity index (χ1v) is 7.18. The summed E-state index contributed by atoms with van der Waals surface area (Å²) >= 11 is 0. The molecule has 1 aromatic rings. The average Bonchev–Trinajstić information content (AvgIpc) is 2.69. The maximum absolute atomic E-state index is 5.70. The quantitative estimate of drug-likeness (QED) is 0.800. The molecule has 0 aromatic heterocycles. The lowest BCUT2D eigenvalue weighted by atomic mass is 10.1. The van der Waals surface area contributed by atoms with Crippen LogP contribution in [0.3, 0.4) is 0 Å². The van der Waals surface area contributed by atoms with E-state index in [9.17, 15) is 0 Å². The van der Waals surface area contributed by atoms with Gasteiger partial charge in [0.25, 0.3) is 0 Å². The zero-order valence-electron chi connectivity index (χ0n) is 12.1. The van der Waals surface area contributed by atoms with Crippen molar-refractivity contribution in [1.29, 1.82) is 0 Å². The zero-order valence-corrected chi connectivity index (χ0v) is 12.1. The van der Waals surface area contributed by atoms with Gasteiger partial charge in [-0.05, 0) is 31.5 Å².